The van der Waals surface area contributed by atoms with Gasteiger partial charge in [-0.2, -0.15) is 0 Å². The summed E-state index contributed by atoms with van der Waals surface area (Å²) < 4.78 is 23.3. The summed E-state index contributed by atoms with van der Waals surface area (Å²) in [5.74, 6) is 3.40. The van der Waals surface area contributed by atoms with E-state index in [0.29, 0.717) is 66.9 Å². The summed E-state index contributed by atoms with van der Waals surface area (Å²) in [4.78, 5) is 15.5. The number of amides is 1. The smallest absolute Gasteiger partial charge is 0.410 e. The molecular weight excluding hydrogens is 480 g/mol. The molecule has 1 amide bonds. The van der Waals surface area contributed by atoms with Crippen LogP contribution >= 0.6 is 0 Å². The molecule has 2 N–H and O–H groups in total. The summed E-state index contributed by atoms with van der Waals surface area (Å²) in [6.45, 7) is 11.9. The number of nitrogens with zero attached hydrogens (tertiary/aromatic N) is 1. The molecule has 1 aliphatic carbocycles. The monoisotopic (exact) mass is 526 g/mol. The van der Waals surface area contributed by atoms with Gasteiger partial charge in [-0.25, -0.2) is 4.79 Å². The lowest BCUT2D eigenvalue weighted by Gasteiger charge is -2.38. The topological polar surface area (TPSA) is 83.2 Å². The van der Waals surface area contributed by atoms with Crippen LogP contribution in [-0.4, -0.2) is 50.0 Å². The Morgan fingerprint density at radius 2 is 1.76 bits per heavy atom. The second kappa shape index (κ2) is 14.2. The molecule has 7 nitrogen and oxygen atoms in total. The van der Waals surface area contributed by atoms with E-state index in [1.54, 1.807) is 12.0 Å². The van der Waals surface area contributed by atoms with Gasteiger partial charge in [-0.1, -0.05) is 45.4 Å². The summed E-state index contributed by atoms with van der Waals surface area (Å²) in [5, 5.41) is 0. The number of rotatable bonds is 12. The van der Waals surface area contributed by atoms with Gasteiger partial charge in [-0.05, 0) is 80.7 Å². The second-order valence-corrected chi connectivity index (χ2v) is 10.8. The van der Waals surface area contributed by atoms with Crippen molar-refractivity contribution in [2.24, 2.45) is 17.8 Å². The highest BCUT2D eigenvalue weighted by atomic mass is 16.6. The molecule has 1 saturated carbocycles. The van der Waals surface area contributed by atoms with Gasteiger partial charge in [0.15, 0.2) is 11.5 Å². The van der Waals surface area contributed by atoms with Gasteiger partial charge in [-0.3, -0.25) is 0 Å². The molecule has 0 heterocycles. The van der Waals surface area contributed by atoms with Crippen LogP contribution in [0.4, 0.5) is 10.5 Å². The van der Waals surface area contributed by atoms with Gasteiger partial charge in [-0.15, -0.1) is 0 Å². The van der Waals surface area contributed by atoms with Crippen molar-refractivity contribution < 1.29 is 23.7 Å². The molecule has 2 aromatic carbocycles. The fourth-order valence-corrected chi connectivity index (χ4v) is 5.40. The van der Waals surface area contributed by atoms with Crippen molar-refractivity contribution >= 4 is 11.8 Å². The Morgan fingerprint density at radius 1 is 1.05 bits per heavy atom. The molecule has 0 radical (unpaired) electrons. The number of nitrogen functional groups attached to an aromatic ring is 1. The Morgan fingerprint density at radius 3 is 2.39 bits per heavy atom. The molecule has 210 valence electrons. The Labute approximate surface area is 228 Å². The first kappa shape index (κ1) is 29.5. The highest BCUT2D eigenvalue weighted by molar-refractivity contribution is 5.68. The zero-order valence-electron chi connectivity index (χ0n) is 23.9. The van der Waals surface area contributed by atoms with Gasteiger partial charge in [0.25, 0.3) is 0 Å². The van der Waals surface area contributed by atoms with Crippen LogP contribution in [0.1, 0.15) is 59.4 Å². The standard InChI is InChI=1S/C31H46N2O5/c1-7-36-28-10-8-9-11-29(28)37-17-16-33(23(5)19-24-13-15-27(35-6)26(32)20-24)31(34)38-30-18-22(4)12-14-25(30)21(2)3/h8-11,13,15,20-23,25,30H,7,12,14,16-19,32H2,1-6H3/t22-,23-,25+,30?/m1/s1. The normalized spacial score (nSPS) is 20.0. The first-order valence-corrected chi connectivity index (χ1v) is 14.0. The average molecular weight is 527 g/mol. The molecule has 0 spiro atoms. The number of anilines is 1. The molecule has 0 aromatic heterocycles. The van der Waals surface area contributed by atoms with Gasteiger partial charge in [0, 0.05) is 6.04 Å². The highest BCUT2D eigenvalue weighted by Gasteiger charge is 2.35. The van der Waals surface area contributed by atoms with E-state index in [2.05, 4.69) is 20.8 Å². The number of para-hydroxylation sites is 2. The van der Waals surface area contributed by atoms with Crippen LogP contribution in [0.5, 0.6) is 17.2 Å². The second-order valence-electron chi connectivity index (χ2n) is 10.8. The maximum atomic E-state index is 13.7. The third kappa shape index (κ3) is 7.95. The number of ether oxygens (including phenoxy) is 4. The zero-order valence-corrected chi connectivity index (χ0v) is 23.9. The van der Waals surface area contributed by atoms with Crippen molar-refractivity contribution in [3.63, 3.8) is 0 Å². The molecule has 2 aromatic rings. The first-order valence-electron chi connectivity index (χ1n) is 14.0. The van der Waals surface area contributed by atoms with Crippen LogP contribution in [0.25, 0.3) is 0 Å². The van der Waals surface area contributed by atoms with E-state index in [9.17, 15) is 4.79 Å². The van der Waals surface area contributed by atoms with E-state index < -0.39 is 0 Å². The van der Waals surface area contributed by atoms with E-state index in [0.717, 1.165) is 18.4 Å². The summed E-state index contributed by atoms with van der Waals surface area (Å²) in [6.07, 6.45) is 3.46. The highest BCUT2D eigenvalue weighted by Crippen LogP contribution is 2.36. The van der Waals surface area contributed by atoms with Crippen molar-refractivity contribution in [1.82, 2.24) is 4.90 Å². The summed E-state index contributed by atoms with van der Waals surface area (Å²) in [7, 11) is 1.60. The SMILES string of the molecule is CCOc1ccccc1OCCN(C(=O)OC1C[C@H](C)CC[C@H]1C(C)C)[C@H](C)Cc1ccc(OC)c(N)c1. The van der Waals surface area contributed by atoms with Crippen LogP contribution < -0.4 is 19.9 Å². The molecule has 1 unspecified atom stereocenters. The largest absolute Gasteiger partial charge is 0.495 e. The molecule has 4 atom stereocenters. The fourth-order valence-electron chi connectivity index (χ4n) is 5.40. The number of hydrogen-bond acceptors (Lipinski definition) is 6. The zero-order chi connectivity index (χ0) is 27.7. The van der Waals surface area contributed by atoms with E-state index >= 15 is 0 Å². The van der Waals surface area contributed by atoms with E-state index in [4.69, 9.17) is 24.7 Å². The van der Waals surface area contributed by atoms with Crippen molar-refractivity contribution in [3.05, 3.63) is 48.0 Å². The van der Waals surface area contributed by atoms with Gasteiger partial charge < -0.3 is 29.6 Å². The van der Waals surface area contributed by atoms with Gasteiger partial charge >= 0.3 is 6.09 Å². The molecule has 7 heteroatoms. The van der Waals surface area contributed by atoms with Crippen molar-refractivity contribution in [1.29, 1.82) is 0 Å². The lowest BCUT2D eigenvalue weighted by atomic mass is 9.75. The van der Waals surface area contributed by atoms with E-state index in [1.807, 2.05) is 56.3 Å². The fraction of sp³-hybridized carbons (Fsp3) is 0.581. The quantitative estimate of drug-likeness (QED) is 0.314. The Hall–Kier alpha value is -3.09. The summed E-state index contributed by atoms with van der Waals surface area (Å²) in [6, 6.07) is 13.2. The number of benzene rings is 2. The van der Waals surface area contributed by atoms with Crippen LogP contribution in [0.2, 0.25) is 0 Å². The molecule has 0 saturated heterocycles. The van der Waals surface area contributed by atoms with Gasteiger partial charge in [0.2, 0.25) is 0 Å². The number of methoxy groups -OCH3 is 1. The first-order chi connectivity index (χ1) is 18.2. The molecule has 1 aliphatic rings. The van der Waals surface area contributed by atoms with E-state index in [-0.39, 0.29) is 18.2 Å². The Bertz CT molecular complexity index is 1030. The maximum Gasteiger partial charge on any atom is 0.410 e. The lowest BCUT2D eigenvalue weighted by molar-refractivity contribution is -0.0160. The van der Waals surface area contributed by atoms with Crippen LogP contribution in [-0.2, 0) is 11.2 Å². The molecule has 38 heavy (non-hydrogen) atoms. The summed E-state index contributed by atoms with van der Waals surface area (Å²) in [5.41, 5.74) is 7.76. The average Bonchev–Trinajstić information content (AvgIpc) is 2.87. The van der Waals surface area contributed by atoms with Gasteiger partial charge in [0.1, 0.15) is 18.5 Å². The minimum atomic E-state index is -0.287. The van der Waals surface area contributed by atoms with Crippen LogP contribution in [0, 0.1) is 17.8 Å². The molecule has 3 rings (SSSR count). The predicted molar refractivity (Wildman–Crippen MR) is 152 cm³/mol. The number of carbonyl (C=O) groups is 1. The number of carbonyl (C=O) groups excluding carboxylic acids is 1. The van der Waals surface area contributed by atoms with Crippen molar-refractivity contribution in [3.8, 4) is 17.2 Å². The molecule has 0 bridgehead atoms. The van der Waals surface area contributed by atoms with Gasteiger partial charge in [0.05, 0.1) is 25.9 Å². The summed E-state index contributed by atoms with van der Waals surface area (Å²) >= 11 is 0. The Kier molecular flexibility index (Phi) is 11.0. The van der Waals surface area contributed by atoms with Crippen molar-refractivity contribution in [2.75, 3.05) is 32.6 Å². The lowest BCUT2D eigenvalue weighted by Crippen LogP contribution is -2.46. The maximum absolute atomic E-state index is 13.7. The Balaban J connectivity index is 1.75. The van der Waals surface area contributed by atoms with E-state index in [1.165, 1.54) is 6.42 Å². The predicted octanol–water partition coefficient (Wildman–Crippen LogP) is 6.59. The van der Waals surface area contributed by atoms with Crippen LogP contribution in [0.15, 0.2) is 42.5 Å². The minimum absolute atomic E-state index is 0.0721. The minimum Gasteiger partial charge on any atom is -0.495 e. The molecule has 1 fully saturated rings. The molecule has 0 aliphatic heterocycles. The third-order valence-corrected chi connectivity index (χ3v) is 7.54. The third-order valence-electron chi connectivity index (χ3n) is 7.54. The van der Waals surface area contributed by atoms with Crippen LogP contribution in [0.3, 0.4) is 0 Å². The number of nitrogens with two attached hydrogens (primary N) is 1. The van der Waals surface area contributed by atoms with Crippen molar-refractivity contribution in [2.45, 2.75) is 72.4 Å². The number of hydrogen-bond donors (Lipinski definition) is 1. The molecular formula is C31H46N2O5.